The number of carbonyl (C=O) groups excluding carboxylic acids is 1. The summed E-state index contributed by atoms with van der Waals surface area (Å²) in [6.07, 6.45) is 12.7. The van der Waals surface area contributed by atoms with Gasteiger partial charge in [-0.15, -0.1) is 0 Å². The Morgan fingerprint density at radius 2 is 1.65 bits per heavy atom. The topological polar surface area (TPSA) is 77.8 Å². The summed E-state index contributed by atoms with van der Waals surface area (Å²) in [4.78, 5) is 10.8. The average Bonchev–Trinajstić information content (AvgIpc) is 3.06. The number of hydrogen-bond donors (Lipinski definition) is 3. The van der Waals surface area contributed by atoms with Crippen molar-refractivity contribution in [2.75, 3.05) is 0 Å². The predicted octanol–water partition coefficient (Wildman–Crippen LogP) is 4.85. The lowest BCUT2D eigenvalue weighted by atomic mass is 9.44. The molecule has 1 radical (unpaired) electrons. The summed E-state index contributed by atoms with van der Waals surface area (Å²) in [6.45, 7) is 9.33. The molecule has 0 spiro atoms. The molecule has 3 unspecified atom stereocenters. The van der Waals surface area contributed by atoms with E-state index in [1.54, 1.807) is 0 Å². The average molecular weight is 434 g/mol. The molecule has 0 aliphatic heterocycles. The van der Waals surface area contributed by atoms with Crippen molar-refractivity contribution in [2.45, 2.75) is 110 Å². The van der Waals surface area contributed by atoms with E-state index in [0.29, 0.717) is 36.0 Å². The van der Waals surface area contributed by atoms with Crippen molar-refractivity contribution >= 4 is 6.29 Å². The van der Waals surface area contributed by atoms with E-state index in [9.17, 15) is 20.1 Å². The molecule has 0 aromatic heterocycles. The van der Waals surface area contributed by atoms with Gasteiger partial charge in [0.25, 0.3) is 0 Å². The SMILES string of the molecule is CC([C]=O)CCC[C@@H](C)[C@H]1CC[C@H]2[C@@H]3CCC4CC(O)(O)C(O)C[C@]4(C)[C@H]3CC[C@]12C. The molecule has 177 valence electrons. The maximum atomic E-state index is 10.8. The van der Waals surface area contributed by atoms with Crippen LogP contribution in [0.2, 0.25) is 0 Å². The van der Waals surface area contributed by atoms with Gasteiger partial charge in [-0.2, -0.15) is 0 Å². The first-order valence-electron chi connectivity index (χ1n) is 13.0. The molecule has 4 nitrogen and oxygen atoms in total. The second-order valence-electron chi connectivity index (χ2n) is 12.6. The summed E-state index contributed by atoms with van der Waals surface area (Å²) >= 11 is 0. The highest BCUT2D eigenvalue weighted by Crippen LogP contribution is 2.68. The summed E-state index contributed by atoms with van der Waals surface area (Å²) in [6, 6.07) is 0. The fraction of sp³-hybridized carbons (Fsp3) is 0.963. The molecule has 0 heterocycles. The number of hydrogen-bond acceptors (Lipinski definition) is 4. The van der Waals surface area contributed by atoms with Gasteiger partial charge in [-0.25, -0.2) is 0 Å². The second kappa shape index (κ2) is 8.40. The maximum absolute atomic E-state index is 10.8. The van der Waals surface area contributed by atoms with Crippen LogP contribution in [-0.4, -0.2) is 33.5 Å². The molecule has 10 atom stereocenters. The minimum Gasteiger partial charge on any atom is -0.388 e. The zero-order chi connectivity index (χ0) is 22.6. The van der Waals surface area contributed by atoms with Crippen molar-refractivity contribution < 1.29 is 20.1 Å². The summed E-state index contributed by atoms with van der Waals surface area (Å²) in [7, 11) is 0. The minimum absolute atomic E-state index is 0.0315. The van der Waals surface area contributed by atoms with E-state index in [1.165, 1.54) is 38.5 Å². The van der Waals surface area contributed by atoms with Crippen molar-refractivity contribution in [1.82, 2.24) is 0 Å². The summed E-state index contributed by atoms with van der Waals surface area (Å²) in [5, 5.41) is 31.1. The molecule has 4 rings (SSSR count). The zero-order valence-electron chi connectivity index (χ0n) is 20.1. The summed E-state index contributed by atoms with van der Waals surface area (Å²) < 4.78 is 0. The van der Waals surface area contributed by atoms with E-state index in [-0.39, 0.29) is 11.3 Å². The molecule has 4 saturated carbocycles. The Balaban J connectivity index is 1.46. The molecule has 0 aromatic rings. The van der Waals surface area contributed by atoms with Gasteiger partial charge < -0.3 is 15.3 Å². The van der Waals surface area contributed by atoms with Crippen LogP contribution in [0.1, 0.15) is 98.3 Å². The van der Waals surface area contributed by atoms with Gasteiger partial charge in [0.2, 0.25) is 6.29 Å². The van der Waals surface area contributed by atoms with Crippen LogP contribution in [0.4, 0.5) is 0 Å². The molecular formula is C27H45O4. The maximum Gasteiger partial charge on any atom is 0.201 e. The van der Waals surface area contributed by atoms with E-state index in [2.05, 4.69) is 27.1 Å². The van der Waals surface area contributed by atoms with Gasteiger partial charge in [0.1, 0.15) is 6.10 Å². The predicted molar refractivity (Wildman–Crippen MR) is 122 cm³/mol. The highest BCUT2D eigenvalue weighted by Gasteiger charge is 2.62. The number of aliphatic hydroxyl groups excluding tert-OH is 1. The van der Waals surface area contributed by atoms with Gasteiger partial charge in [0, 0.05) is 12.3 Å². The van der Waals surface area contributed by atoms with Gasteiger partial charge in [0.15, 0.2) is 5.79 Å². The Hall–Kier alpha value is -0.450. The molecule has 0 bridgehead atoms. The third kappa shape index (κ3) is 3.93. The van der Waals surface area contributed by atoms with E-state index in [0.717, 1.165) is 37.0 Å². The van der Waals surface area contributed by atoms with Crippen LogP contribution in [0, 0.1) is 52.3 Å². The van der Waals surface area contributed by atoms with Crippen molar-refractivity contribution in [3.05, 3.63) is 0 Å². The lowest BCUT2D eigenvalue weighted by Gasteiger charge is -2.62. The third-order valence-corrected chi connectivity index (χ3v) is 11.0. The van der Waals surface area contributed by atoms with Crippen LogP contribution in [0.25, 0.3) is 0 Å². The Labute approximate surface area is 189 Å². The largest absolute Gasteiger partial charge is 0.388 e. The highest BCUT2D eigenvalue weighted by atomic mass is 16.5. The van der Waals surface area contributed by atoms with Gasteiger partial charge >= 0.3 is 0 Å². The van der Waals surface area contributed by atoms with Gasteiger partial charge in [-0.1, -0.05) is 40.5 Å². The van der Waals surface area contributed by atoms with Crippen LogP contribution in [-0.2, 0) is 4.79 Å². The minimum atomic E-state index is -1.91. The highest BCUT2D eigenvalue weighted by molar-refractivity contribution is 5.53. The normalized spacial score (nSPS) is 48.2. The van der Waals surface area contributed by atoms with Crippen molar-refractivity contribution in [3.63, 3.8) is 0 Å². The van der Waals surface area contributed by atoms with Crippen molar-refractivity contribution in [3.8, 4) is 0 Å². The standard InChI is InChI=1S/C27H45O4/c1-17(16-28)6-5-7-18(2)21-10-11-22-20-9-8-19-14-27(30,31)24(29)15-26(19,4)23(20)12-13-25(21,22)3/h17-24,29-31H,5-15H2,1-4H3/t17?,18-,19?,20+,21-,22+,23+,24?,25-,26+/m1/s1. The molecule has 0 amide bonds. The van der Waals surface area contributed by atoms with E-state index < -0.39 is 11.9 Å². The lowest BCUT2D eigenvalue weighted by molar-refractivity contribution is -0.284. The monoisotopic (exact) mass is 433 g/mol. The second-order valence-corrected chi connectivity index (χ2v) is 12.6. The Morgan fingerprint density at radius 1 is 0.935 bits per heavy atom. The van der Waals surface area contributed by atoms with Crippen LogP contribution >= 0.6 is 0 Å². The van der Waals surface area contributed by atoms with Gasteiger partial charge in [-0.05, 0) is 97.7 Å². The third-order valence-electron chi connectivity index (χ3n) is 11.0. The zero-order valence-corrected chi connectivity index (χ0v) is 20.1. The Morgan fingerprint density at radius 3 is 2.35 bits per heavy atom. The van der Waals surface area contributed by atoms with Crippen LogP contribution in [0.3, 0.4) is 0 Å². The number of fused-ring (bicyclic) bond motifs is 5. The van der Waals surface area contributed by atoms with E-state index >= 15 is 0 Å². The number of aliphatic hydroxyl groups is 3. The quantitative estimate of drug-likeness (QED) is 0.523. The lowest BCUT2D eigenvalue weighted by Crippen LogP contribution is -2.60. The molecule has 0 aromatic carbocycles. The number of rotatable bonds is 6. The summed E-state index contributed by atoms with van der Waals surface area (Å²) in [5.74, 6) is 2.04. The Bertz CT molecular complexity index is 662. The smallest absolute Gasteiger partial charge is 0.201 e. The van der Waals surface area contributed by atoms with E-state index in [1.807, 2.05) is 6.92 Å². The van der Waals surface area contributed by atoms with E-state index in [4.69, 9.17) is 0 Å². The fourth-order valence-corrected chi connectivity index (χ4v) is 9.25. The molecule has 4 aliphatic rings. The first-order valence-corrected chi connectivity index (χ1v) is 13.0. The van der Waals surface area contributed by atoms with Crippen molar-refractivity contribution in [1.29, 1.82) is 0 Å². The van der Waals surface area contributed by atoms with Crippen LogP contribution in [0.5, 0.6) is 0 Å². The molecular weight excluding hydrogens is 388 g/mol. The van der Waals surface area contributed by atoms with Crippen LogP contribution < -0.4 is 0 Å². The van der Waals surface area contributed by atoms with Crippen LogP contribution in [0.15, 0.2) is 0 Å². The molecule has 0 saturated heterocycles. The molecule has 4 aliphatic carbocycles. The first kappa shape index (κ1) is 23.7. The van der Waals surface area contributed by atoms with Gasteiger partial charge in [-0.3, -0.25) is 4.79 Å². The summed E-state index contributed by atoms with van der Waals surface area (Å²) in [5.41, 5.74) is 0.445. The van der Waals surface area contributed by atoms with Crippen molar-refractivity contribution in [2.24, 2.45) is 52.3 Å². The fourth-order valence-electron chi connectivity index (χ4n) is 9.25. The molecule has 3 N–H and O–H groups in total. The molecule has 4 heteroatoms. The molecule has 4 fully saturated rings. The first-order chi connectivity index (χ1) is 14.5. The Kier molecular flexibility index (Phi) is 6.42. The van der Waals surface area contributed by atoms with Gasteiger partial charge in [0.05, 0.1) is 0 Å². The molecule has 31 heavy (non-hydrogen) atoms.